The standard InChI is InChI=1S/C12H17N3O2.C2H5NO2/c1-9-7-10(17-12(16)13-2)5-6-11(9)14-8-15(3)4;1-3-2(4)5/h5-8H,1-4H3,(H,13,16);3H,1H3,(H,4,5). The number of benzene rings is 1. The van der Waals surface area contributed by atoms with E-state index in [1.54, 1.807) is 18.5 Å². The predicted molar refractivity (Wildman–Crippen MR) is 85.2 cm³/mol. The van der Waals surface area contributed by atoms with E-state index in [0.29, 0.717) is 5.75 Å². The van der Waals surface area contributed by atoms with Crippen LogP contribution in [0, 0.1) is 6.92 Å². The Morgan fingerprint density at radius 1 is 1.27 bits per heavy atom. The van der Waals surface area contributed by atoms with Gasteiger partial charge < -0.3 is 25.4 Å². The molecule has 0 unspecified atom stereocenters. The number of rotatable bonds is 3. The molecular formula is C14H22N4O4. The Bertz CT molecular complexity index is 530. The fourth-order valence-corrected chi connectivity index (χ4v) is 1.17. The van der Waals surface area contributed by atoms with Crippen molar-refractivity contribution in [3.63, 3.8) is 0 Å². The van der Waals surface area contributed by atoms with Crippen molar-refractivity contribution < 1.29 is 19.4 Å². The molecule has 8 heteroatoms. The number of aliphatic imine (C=N–C) groups is 1. The van der Waals surface area contributed by atoms with Crippen LogP contribution in [0.3, 0.4) is 0 Å². The number of nitrogens with zero attached hydrogens (tertiary/aromatic N) is 2. The highest BCUT2D eigenvalue weighted by Crippen LogP contribution is 2.23. The minimum Gasteiger partial charge on any atom is -0.465 e. The molecule has 8 nitrogen and oxygen atoms in total. The van der Waals surface area contributed by atoms with Crippen LogP contribution in [0.1, 0.15) is 5.56 Å². The van der Waals surface area contributed by atoms with Gasteiger partial charge in [0.15, 0.2) is 0 Å². The van der Waals surface area contributed by atoms with E-state index in [2.05, 4.69) is 10.3 Å². The molecule has 0 bridgehead atoms. The summed E-state index contributed by atoms with van der Waals surface area (Å²) in [4.78, 5) is 26.4. The molecule has 0 heterocycles. The molecule has 0 fully saturated rings. The van der Waals surface area contributed by atoms with E-state index >= 15 is 0 Å². The number of hydrogen-bond acceptors (Lipinski definition) is 4. The number of hydrogen-bond donors (Lipinski definition) is 3. The number of aryl methyl sites for hydroxylation is 1. The van der Waals surface area contributed by atoms with E-state index in [1.807, 2.05) is 37.3 Å². The Labute approximate surface area is 129 Å². The molecule has 0 atom stereocenters. The minimum absolute atomic E-state index is 0.478. The second-order valence-electron chi connectivity index (χ2n) is 4.35. The monoisotopic (exact) mass is 310 g/mol. The topological polar surface area (TPSA) is 103 Å². The van der Waals surface area contributed by atoms with E-state index in [9.17, 15) is 9.59 Å². The Morgan fingerprint density at radius 3 is 2.27 bits per heavy atom. The first-order chi connectivity index (χ1) is 10.3. The van der Waals surface area contributed by atoms with Crippen molar-refractivity contribution in [3.05, 3.63) is 23.8 Å². The lowest BCUT2D eigenvalue weighted by atomic mass is 10.2. The Kier molecular flexibility index (Phi) is 8.77. The highest BCUT2D eigenvalue weighted by atomic mass is 16.5. The van der Waals surface area contributed by atoms with Gasteiger partial charge in [-0.2, -0.15) is 0 Å². The maximum absolute atomic E-state index is 11.0. The van der Waals surface area contributed by atoms with Crippen LogP contribution in [0.25, 0.3) is 0 Å². The number of nitrogens with one attached hydrogen (secondary N) is 2. The summed E-state index contributed by atoms with van der Waals surface area (Å²) in [6, 6.07) is 5.30. The third-order valence-corrected chi connectivity index (χ3v) is 2.22. The van der Waals surface area contributed by atoms with Crippen LogP contribution in [-0.4, -0.2) is 56.7 Å². The number of ether oxygens (including phenoxy) is 1. The lowest BCUT2D eigenvalue weighted by Crippen LogP contribution is -2.21. The average molecular weight is 310 g/mol. The maximum atomic E-state index is 11.0. The zero-order valence-electron chi connectivity index (χ0n) is 13.4. The minimum atomic E-state index is -0.995. The maximum Gasteiger partial charge on any atom is 0.412 e. The van der Waals surface area contributed by atoms with Crippen LogP contribution < -0.4 is 15.4 Å². The molecule has 0 aliphatic carbocycles. The van der Waals surface area contributed by atoms with Crippen LogP contribution in [0.5, 0.6) is 5.75 Å². The predicted octanol–water partition coefficient (Wildman–Crippen LogP) is 1.82. The van der Waals surface area contributed by atoms with Crippen LogP contribution in [0.15, 0.2) is 23.2 Å². The van der Waals surface area contributed by atoms with Gasteiger partial charge in [0.05, 0.1) is 12.0 Å². The van der Waals surface area contributed by atoms with Gasteiger partial charge in [0.1, 0.15) is 5.75 Å². The highest BCUT2D eigenvalue weighted by Gasteiger charge is 2.03. The van der Waals surface area contributed by atoms with Crippen LogP contribution >= 0.6 is 0 Å². The molecular weight excluding hydrogens is 288 g/mol. The highest BCUT2D eigenvalue weighted by molar-refractivity contribution is 5.70. The average Bonchev–Trinajstić information content (AvgIpc) is 2.46. The molecule has 0 saturated heterocycles. The van der Waals surface area contributed by atoms with E-state index in [-0.39, 0.29) is 0 Å². The first-order valence-electron chi connectivity index (χ1n) is 6.41. The second kappa shape index (κ2) is 10.0. The molecule has 2 amide bonds. The van der Waals surface area contributed by atoms with Gasteiger partial charge >= 0.3 is 12.2 Å². The fraction of sp³-hybridized carbons (Fsp3) is 0.357. The van der Waals surface area contributed by atoms with E-state index in [1.165, 1.54) is 14.1 Å². The van der Waals surface area contributed by atoms with Gasteiger partial charge in [0.2, 0.25) is 0 Å². The molecule has 0 saturated carbocycles. The van der Waals surface area contributed by atoms with E-state index in [0.717, 1.165) is 11.3 Å². The van der Waals surface area contributed by atoms with E-state index < -0.39 is 12.2 Å². The molecule has 22 heavy (non-hydrogen) atoms. The smallest absolute Gasteiger partial charge is 0.412 e. The first-order valence-corrected chi connectivity index (χ1v) is 6.41. The molecule has 1 aromatic rings. The van der Waals surface area contributed by atoms with E-state index in [4.69, 9.17) is 9.84 Å². The van der Waals surface area contributed by atoms with Crippen molar-refractivity contribution in [1.29, 1.82) is 0 Å². The van der Waals surface area contributed by atoms with Crippen molar-refractivity contribution in [2.45, 2.75) is 6.92 Å². The first kappa shape index (κ1) is 19.2. The molecule has 1 rings (SSSR count). The molecule has 0 aromatic heterocycles. The van der Waals surface area contributed by atoms with Gasteiger partial charge in [-0.1, -0.05) is 0 Å². The normalized spacial score (nSPS) is 9.50. The molecule has 122 valence electrons. The number of carbonyl (C=O) groups excluding carboxylic acids is 1. The van der Waals surface area contributed by atoms with Crippen molar-refractivity contribution in [1.82, 2.24) is 15.5 Å². The summed E-state index contributed by atoms with van der Waals surface area (Å²) in [7, 11) is 6.68. The molecule has 0 aliphatic heterocycles. The summed E-state index contributed by atoms with van der Waals surface area (Å²) in [6.07, 6.45) is 0.251. The largest absolute Gasteiger partial charge is 0.465 e. The molecule has 0 radical (unpaired) electrons. The Morgan fingerprint density at radius 2 is 1.86 bits per heavy atom. The van der Waals surface area contributed by atoms with Gasteiger partial charge in [-0.15, -0.1) is 0 Å². The van der Waals surface area contributed by atoms with Crippen LogP contribution in [0.4, 0.5) is 15.3 Å². The third kappa shape index (κ3) is 8.41. The van der Waals surface area contributed by atoms with Crippen molar-refractivity contribution in [2.75, 3.05) is 28.2 Å². The van der Waals surface area contributed by atoms with Gasteiger partial charge in [0, 0.05) is 28.2 Å². The Hall–Kier alpha value is -2.77. The summed E-state index contributed by atoms with van der Waals surface area (Å²) < 4.78 is 5.01. The number of carboxylic acid groups (broad SMARTS) is 1. The van der Waals surface area contributed by atoms with Crippen molar-refractivity contribution >= 4 is 24.2 Å². The summed E-state index contributed by atoms with van der Waals surface area (Å²) >= 11 is 0. The molecule has 0 spiro atoms. The summed E-state index contributed by atoms with van der Waals surface area (Å²) in [5, 5.41) is 11.9. The number of carbonyl (C=O) groups is 2. The summed E-state index contributed by atoms with van der Waals surface area (Å²) in [5.41, 5.74) is 1.80. The quantitative estimate of drug-likeness (QED) is 0.583. The van der Waals surface area contributed by atoms with Gasteiger partial charge in [0.25, 0.3) is 0 Å². The third-order valence-electron chi connectivity index (χ3n) is 2.22. The van der Waals surface area contributed by atoms with Gasteiger partial charge in [-0.25, -0.2) is 14.6 Å². The molecule has 3 N–H and O–H groups in total. The Balaban J connectivity index is 0.000000763. The summed E-state index contributed by atoms with van der Waals surface area (Å²) in [6.45, 7) is 1.92. The van der Waals surface area contributed by atoms with Crippen molar-refractivity contribution in [3.8, 4) is 5.75 Å². The zero-order valence-corrected chi connectivity index (χ0v) is 13.4. The lowest BCUT2D eigenvalue weighted by Gasteiger charge is -2.07. The lowest BCUT2D eigenvalue weighted by molar-refractivity contribution is 0.197. The molecule has 1 aromatic carbocycles. The second-order valence-corrected chi connectivity index (χ2v) is 4.35. The number of amides is 2. The summed E-state index contributed by atoms with van der Waals surface area (Å²) in [5.74, 6) is 0.505. The van der Waals surface area contributed by atoms with Crippen LogP contribution in [0.2, 0.25) is 0 Å². The van der Waals surface area contributed by atoms with Gasteiger partial charge in [-0.3, -0.25) is 0 Å². The zero-order chi connectivity index (χ0) is 17.1. The fourth-order valence-electron chi connectivity index (χ4n) is 1.17. The van der Waals surface area contributed by atoms with Crippen molar-refractivity contribution in [2.24, 2.45) is 4.99 Å². The molecule has 0 aliphatic rings. The SMILES string of the molecule is CNC(=O)O.CNC(=O)Oc1ccc(N=CN(C)C)c(C)c1. The van der Waals surface area contributed by atoms with Gasteiger partial charge in [-0.05, 0) is 30.7 Å². The van der Waals surface area contributed by atoms with Crippen LogP contribution in [-0.2, 0) is 0 Å².